The summed E-state index contributed by atoms with van der Waals surface area (Å²) in [5, 5.41) is 0.397. The number of ketones is 1. The highest BCUT2D eigenvalue weighted by molar-refractivity contribution is 6.32. The Morgan fingerprint density at radius 3 is 2.47 bits per heavy atom. The van der Waals surface area contributed by atoms with Crippen LogP contribution in [-0.4, -0.2) is 20.0 Å². The first-order valence-corrected chi connectivity index (χ1v) is 6.82. The Morgan fingerprint density at radius 2 is 1.95 bits per heavy atom. The average Bonchev–Trinajstić information content (AvgIpc) is 2.37. The van der Waals surface area contributed by atoms with E-state index in [-0.39, 0.29) is 5.78 Å². The predicted molar refractivity (Wildman–Crippen MR) is 77.6 cm³/mol. The second-order valence-electron chi connectivity index (χ2n) is 4.90. The summed E-state index contributed by atoms with van der Waals surface area (Å²) in [6.45, 7) is 4.30. The molecule has 1 aromatic carbocycles. The van der Waals surface area contributed by atoms with E-state index in [1.54, 1.807) is 12.1 Å². The normalized spacial score (nSPS) is 10.6. The number of carbonyl (C=O) groups is 1. The van der Waals surface area contributed by atoms with Crippen LogP contribution in [-0.2, 0) is 0 Å². The molecular weight excluding hydrogens is 264 g/mol. The van der Waals surface area contributed by atoms with Crippen LogP contribution in [0.5, 0.6) is 11.5 Å². The molecule has 3 nitrogen and oxygen atoms in total. The van der Waals surface area contributed by atoms with Gasteiger partial charge in [0.15, 0.2) is 17.3 Å². The Labute approximate surface area is 119 Å². The molecule has 0 aromatic heterocycles. The highest BCUT2D eigenvalue weighted by atomic mass is 35.5. The van der Waals surface area contributed by atoms with Crippen molar-refractivity contribution in [3.05, 3.63) is 22.7 Å². The first-order chi connectivity index (χ1) is 8.99. The minimum absolute atomic E-state index is 0.0866. The van der Waals surface area contributed by atoms with Crippen LogP contribution in [0.4, 0.5) is 0 Å². The summed E-state index contributed by atoms with van der Waals surface area (Å²) in [7, 11) is 3.05. The minimum atomic E-state index is 0.0866. The topological polar surface area (TPSA) is 35.5 Å². The van der Waals surface area contributed by atoms with E-state index in [0.717, 1.165) is 12.8 Å². The molecule has 0 aliphatic carbocycles. The van der Waals surface area contributed by atoms with Crippen molar-refractivity contribution in [2.75, 3.05) is 14.2 Å². The molecule has 0 saturated heterocycles. The van der Waals surface area contributed by atoms with E-state index in [9.17, 15) is 4.79 Å². The van der Waals surface area contributed by atoms with Gasteiger partial charge >= 0.3 is 0 Å². The van der Waals surface area contributed by atoms with E-state index in [4.69, 9.17) is 21.1 Å². The van der Waals surface area contributed by atoms with Gasteiger partial charge in [-0.2, -0.15) is 0 Å². The largest absolute Gasteiger partial charge is 0.493 e. The summed E-state index contributed by atoms with van der Waals surface area (Å²) in [6.07, 6.45) is 2.47. The Kier molecular flexibility index (Phi) is 6.16. The van der Waals surface area contributed by atoms with Crippen LogP contribution in [0, 0.1) is 5.92 Å². The van der Waals surface area contributed by atoms with E-state index in [0.29, 0.717) is 34.4 Å². The third-order valence-electron chi connectivity index (χ3n) is 2.94. The van der Waals surface area contributed by atoms with E-state index >= 15 is 0 Å². The van der Waals surface area contributed by atoms with Crippen molar-refractivity contribution in [3.8, 4) is 11.5 Å². The number of ether oxygens (including phenoxy) is 2. The lowest BCUT2D eigenvalue weighted by Crippen LogP contribution is -2.02. The van der Waals surface area contributed by atoms with Gasteiger partial charge in [-0.3, -0.25) is 4.79 Å². The van der Waals surface area contributed by atoms with Crippen molar-refractivity contribution < 1.29 is 14.3 Å². The van der Waals surface area contributed by atoms with Crippen molar-refractivity contribution in [2.45, 2.75) is 33.1 Å². The number of benzene rings is 1. The van der Waals surface area contributed by atoms with Gasteiger partial charge in [-0.25, -0.2) is 0 Å². The predicted octanol–water partition coefficient (Wildman–Crippen LogP) is 4.37. The zero-order chi connectivity index (χ0) is 14.4. The van der Waals surface area contributed by atoms with Gasteiger partial charge in [-0.05, 0) is 24.5 Å². The number of halogens is 1. The Morgan fingerprint density at radius 1 is 1.26 bits per heavy atom. The fourth-order valence-electron chi connectivity index (χ4n) is 1.89. The first-order valence-electron chi connectivity index (χ1n) is 6.44. The summed E-state index contributed by atoms with van der Waals surface area (Å²) in [5.41, 5.74) is 0.575. The molecule has 106 valence electrons. The van der Waals surface area contributed by atoms with Crippen LogP contribution >= 0.6 is 11.6 Å². The Balaban J connectivity index is 2.83. The molecule has 0 unspecified atom stereocenters. The number of Topliss-reactive ketones (excluding diaryl/α,β-unsaturated/α-hetero) is 1. The highest BCUT2D eigenvalue weighted by Gasteiger charge is 2.15. The molecule has 0 radical (unpaired) electrons. The highest BCUT2D eigenvalue weighted by Crippen LogP contribution is 2.36. The smallest absolute Gasteiger partial charge is 0.179 e. The summed E-state index contributed by atoms with van der Waals surface area (Å²) >= 11 is 6.08. The third kappa shape index (κ3) is 4.43. The molecule has 19 heavy (non-hydrogen) atoms. The quantitative estimate of drug-likeness (QED) is 0.698. The molecule has 4 heteroatoms. The third-order valence-corrected chi connectivity index (χ3v) is 3.22. The molecule has 0 fully saturated rings. The molecule has 1 rings (SSSR count). The lowest BCUT2D eigenvalue weighted by molar-refractivity contribution is 0.0978. The lowest BCUT2D eigenvalue weighted by Gasteiger charge is -2.11. The van der Waals surface area contributed by atoms with Crippen molar-refractivity contribution >= 4 is 17.4 Å². The van der Waals surface area contributed by atoms with Crippen molar-refractivity contribution in [1.29, 1.82) is 0 Å². The van der Waals surface area contributed by atoms with Crippen molar-refractivity contribution in [3.63, 3.8) is 0 Å². The Hall–Kier alpha value is -1.22. The number of carbonyl (C=O) groups excluding carboxylic acids is 1. The SMILES string of the molecule is COc1cc(C(=O)CCCC(C)C)cc(Cl)c1OC. The molecule has 0 N–H and O–H groups in total. The molecular formula is C15H21ClO3. The fourth-order valence-corrected chi connectivity index (χ4v) is 2.18. The van der Waals surface area contributed by atoms with Gasteiger partial charge in [0.2, 0.25) is 0 Å². The van der Waals surface area contributed by atoms with E-state index in [1.807, 2.05) is 0 Å². The standard InChI is InChI=1S/C15H21ClO3/c1-10(2)6-5-7-13(17)11-8-12(16)15(19-4)14(9-11)18-3/h8-10H,5-7H2,1-4H3. The van der Waals surface area contributed by atoms with E-state index in [1.165, 1.54) is 14.2 Å². The number of hydrogen-bond donors (Lipinski definition) is 0. The van der Waals surface area contributed by atoms with Gasteiger partial charge in [-0.15, -0.1) is 0 Å². The second kappa shape index (κ2) is 7.39. The zero-order valence-electron chi connectivity index (χ0n) is 12.0. The molecule has 0 amide bonds. The van der Waals surface area contributed by atoms with Gasteiger partial charge in [-0.1, -0.05) is 31.9 Å². The van der Waals surface area contributed by atoms with Gasteiger partial charge in [0.25, 0.3) is 0 Å². The maximum absolute atomic E-state index is 12.1. The molecule has 1 aromatic rings. The van der Waals surface area contributed by atoms with Crippen LogP contribution in [0.15, 0.2) is 12.1 Å². The molecule has 0 spiro atoms. The summed E-state index contributed by atoms with van der Waals surface area (Å²) in [5.74, 6) is 1.65. The molecule has 0 aliphatic rings. The van der Waals surface area contributed by atoms with Crippen molar-refractivity contribution in [2.24, 2.45) is 5.92 Å². The molecule has 0 saturated carbocycles. The van der Waals surface area contributed by atoms with Crippen LogP contribution < -0.4 is 9.47 Å². The van der Waals surface area contributed by atoms with Crippen LogP contribution in [0.1, 0.15) is 43.5 Å². The van der Waals surface area contributed by atoms with Gasteiger partial charge < -0.3 is 9.47 Å². The molecule has 0 atom stereocenters. The first kappa shape index (κ1) is 15.8. The van der Waals surface area contributed by atoms with Gasteiger partial charge in [0.05, 0.1) is 19.2 Å². The van der Waals surface area contributed by atoms with Crippen LogP contribution in [0.3, 0.4) is 0 Å². The second-order valence-corrected chi connectivity index (χ2v) is 5.31. The average molecular weight is 285 g/mol. The zero-order valence-corrected chi connectivity index (χ0v) is 12.7. The number of methoxy groups -OCH3 is 2. The summed E-state index contributed by atoms with van der Waals surface area (Å²) in [4.78, 5) is 12.1. The fraction of sp³-hybridized carbons (Fsp3) is 0.533. The van der Waals surface area contributed by atoms with Crippen LogP contribution in [0.25, 0.3) is 0 Å². The summed E-state index contributed by atoms with van der Waals surface area (Å²) < 4.78 is 10.3. The van der Waals surface area contributed by atoms with Crippen LogP contribution in [0.2, 0.25) is 5.02 Å². The minimum Gasteiger partial charge on any atom is -0.493 e. The molecule has 0 aliphatic heterocycles. The molecule has 0 heterocycles. The van der Waals surface area contributed by atoms with E-state index < -0.39 is 0 Å². The van der Waals surface area contributed by atoms with Gasteiger partial charge in [0, 0.05) is 12.0 Å². The van der Waals surface area contributed by atoms with Gasteiger partial charge in [0.1, 0.15) is 0 Å². The monoisotopic (exact) mass is 284 g/mol. The van der Waals surface area contributed by atoms with E-state index in [2.05, 4.69) is 13.8 Å². The maximum Gasteiger partial charge on any atom is 0.179 e. The maximum atomic E-state index is 12.1. The lowest BCUT2D eigenvalue weighted by atomic mass is 10.0. The molecule has 0 bridgehead atoms. The number of hydrogen-bond acceptors (Lipinski definition) is 3. The number of rotatable bonds is 7. The summed E-state index contributed by atoms with van der Waals surface area (Å²) in [6, 6.07) is 3.32. The van der Waals surface area contributed by atoms with Crippen molar-refractivity contribution in [1.82, 2.24) is 0 Å². The Bertz CT molecular complexity index is 441.